The van der Waals surface area contributed by atoms with Gasteiger partial charge >= 0.3 is 5.97 Å². The standard InChI is InChI=1S/C9H16O3/c1-7(6-9(10)11)12-8-4-2-3-5-8/h7-8H,2-6H2,1H3,(H,10,11)/t7-/m0/s1. The minimum absolute atomic E-state index is 0.122. The molecule has 0 aromatic carbocycles. The van der Waals surface area contributed by atoms with Crippen LogP contribution in [0, 0.1) is 0 Å². The van der Waals surface area contributed by atoms with Crippen molar-refractivity contribution >= 4 is 5.97 Å². The van der Waals surface area contributed by atoms with Crippen molar-refractivity contribution in [2.75, 3.05) is 0 Å². The molecule has 0 spiro atoms. The molecule has 12 heavy (non-hydrogen) atoms. The minimum atomic E-state index is -0.777. The van der Waals surface area contributed by atoms with Crippen LogP contribution in [0.15, 0.2) is 0 Å². The molecule has 0 heterocycles. The lowest BCUT2D eigenvalue weighted by atomic mass is 10.2. The van der Waals surface area contributed by atoms with Crippen LogP contribution in [-0.4, -0.2) is 23.3 Å². The molecule has 0 aromatic heterocycles. The second-order valence-electron chi connectivity index (χ2n) is 3.45. The Balaban J connectivity index is 2.16. The second kappa shape index (κ2) is 4.45. The van der Waals surface area contributed by atoms with E-state index in [0.717, 1.165) is 12.8 Å². The topological polar surface area (TPSA) is 46.5 Å². The summed E-state index contributed by atoms with van der Waals surface area (Å²) >= 11 is 0. The first-order valence-electron chi connectivity index (χ1n) is 4.55. The third-order valence-corrected chi connectivity index (χ3v) is 2.19. The highest BCUT2D eigenvalue weighted by Crippen LogP contribution is 2.22. The van der Waals surface area contributed by atoms with Crippen molar-refractivity contribution in [3.63, 3.8) is 0 Å². The Bertz CT molecular complexity index is 150. The lowest BCUT2D eigenvalue weighted by Gasteiger charge is -2.16. The van der Waals surface area contributed by atoms with Crippen LogP contribution in [0.2, 0.25) is 0 Å². The van der Waals surface area contributed by atoms with Gasteiger partial charge in [-0.25, -0.2) is 0 Å². The first kappa shape index (κ1) is 9.52. The largest absolute Gasteiger partial charge is 0.481 e. The number of carbonyl (C=O) groups is 1. The first-order chi connectivity index (χ1) is 5.68. The van der Waals surface area contributed by atoms with Crippen molar-refractivity contribution < 1.29 is 14.6 Å². The van der Waals surface area contributed by atoms with Crippen molar-refractivity contribution in [3.05, 3.63) is 0 Å². The molecular weight excluding hydrogens is 156 g/mol. The van der Waals surface area contributed by atoms with Crippen LogP contribution in [0.25, 0.3) is 0 Å². The minimum Gasteiger partial charge on any atom is -0.481 e. The number of carboxylic acid groups (broad SMARTS) is 1. The van der Waals surface area contributed by atoms with Crippen LogP contribution >= 0.6 is 0 Å². The molecule has 1 atom stereocenters. The molecule has 1 N–H and O–H groups in total. The Morgan fingerprint density at radius 2 is 2.17 bits per heavy atom. The second-order valence-corrected chi connectivity index (χ2v) is 3.45. The molecule has 3 nitrogen and oxygen atoms in total. The third-order valence-electron chi connectivity index (χ3n) is 2.19. The molecule has 0 aromatic rings. The molecule has 3 heteroatoms. The van der Waals surface area contributed by atoms with E-state index in [4.69, 9.17) is 9.84 Å². The number of ether oxygens (including phenoxy) is 1. The molecule has 0 aliphatic heterocycles. The van der Waals surface area contributed by atoms with Crippen LogP contribution < -0.4 is 0 Å². The Morgan fingerprint density at radius 3 is 2.67 bits per heavy atom. The van der Waals surface area contributed by atoms with Gasteiger partial charge in [-0.3, -0.25) is 4.79 Å². The van der Waals surface area contributed by atoms with Crippen molar-refractivity contribution in [2.45, 2.75) is 51.2 Å². The molecule has 0 bridgehead atoms. The highest BCUT2D eigenvalue weighted by Gasteiger charge is 2.19. The zero-order valence-electron chi connectivity index (χ0n) is 7.45. The highest BCUT2D eigenvalue weighted by atomic mass is 16.5. The van der Waals surface area contributed by atoms with Gasteiger partial charge in [0.15, 0.2) is 0 Å². The maximum Gasteiger partial charge on any atom is 0.305 e. The summed E-state index contributed by atoms with van der Waals surface area (Å²) < 4.78 is 5.54. The summed E-state index contributed by atoms with van der Waals surface area (Å²) in [6.45, 7) is 1.83. The Kier molecular flexibility index (Phi) is 3.53. The lowest BCUT2D eigenvalue weighted by Crippen LogP contribution is -2.19. The summed E-state index contributed by atoms with van der Waals surface area (Å²) in [7, 11) is 0. The Morgan fingerprint density at radius 1 is 1.58 bits per heavy atom. The van der Waals surface area contributed by atoms with Crippen molar-refractivity contribution in [2.24, 2.45) is 0 Å². The molecule has 1 saturated carbocycles. The molecule has 1 fully saturated rings. The van der Waals surface area contributed by atoms with Gasteiger partial charge < -0.3 is 9.84 Å². The monoisotopic (exact) mass is 172 g/mol. The summed E-state index contributed by atoms with van der Waals surface area (Å²) in [4.78, 5) is 10.3. The smallest absolute Gasteiger partial charge is 0.305 e. The van der Waals surface area contributed by atoms with Gasteiger partial charge in [-0.1, -0.05) is 12.8 Å². The maximum absolute atomic E-state index is 10.3. The van der Waals surface area contributed by atoms with Crippen LogP contribution in [0.4, 0.5) is 0 Å². The van der Waals surface area contributed by atoms with Gasteiger partial charge in [0.25, 0.3) is 0 Å². The molecule has 70 valence electrons. The van der Waals surface area contributed by atoms with E-state index in [-0.39, 0.29) is 12.5 Å². The number of carboxylic acids is 1. The molecule has 0 unspecified atom stereocenters. The van der Waals surface area contributed by atoms with Crippen molar-refractivity contribution in [1.82, 2.24) is 0 Å². The maximum atomic E-state index is 10.3. The van der Waals surface area contributed by atoms with E-state index in [1.807, 2.05) is 6.92 Å². The summed E-state index contributed by atoms with van der Waals surface area (Å²) in [5.74, 6) is -0.777. The molecule has 1 rings (SSSR count). The SMILES string of the molecule is C[C@@H](CC(=O)O)OC1CCCC1. The van der Waals surface area contributed by atoms with Crippen LogP contribution in [-0.2, 0) is 9.53 Å². The van der Waals surface area contributed by atoms with Crippen molar-refractivity contribution in [1.29, 1.82) is 0 Å². The molecular formula is C9H16O3. The number of aliphatic carboxylic acids is 1. The highest BCUT2D eigenvalue weighted by molar-refractivity contribution is 5.67. The predicted octanol–water partition coefficient (Wildman–Crippen LogP) is 1.81. The summed E-state index contributed by atoms with van der Waals surface area (Å²) in [5.41, 5.74) is 0. The number of hydrogen-bond donors (Lipinski definition) is 1. The quantitative estimate of drug-likeness (QED) is 0.703. The van der Waals surface area contributed by atoms with E-state index < -0.39 is 5.97 Å². The van der Waals surface area contributed by atoms with Gasteiger partial charge in [0.1, 0.15) is 0 Å². The molecule has 1 aliphatic carbocycles. The lowest BCUT2D eigenvalue weighted by molar-refractivity contribution is -0.140. The van der Waals surface area contributed by atoms with Gasteiger partial charge in [0, 0.05) is 0 Å². The fraction of sp³-hybridized carbons (Fsp3) is 0.889. The van der Waals surface area contributed by atoms with E-state index in [1.54, 1.807) is 0 Å². The van der Waals surface area contributed by atoms with Gasteiger partial charge in [0.2, 0.25) is 0 Å². The molecule has 0 radical (unpaired) electrons. The number of hydrogen-bond acceptors (Lipinski definition) is 2. The van der Waals surface area contributed by atoms with Gasteiger partial charge in [-0.2, -0.15) is 0 Å². The number of rotatable bonds is 4. The Labute approximate surface area is 72.7 Å². The van der Waals surface area contributed by atoms with Gasteiger partial charge in [-0.05, 0) is 19.8 Å². The van der Waals surface area contributed by atoms with Crippen molar-refractivity contribution in [3.8, 4) is 0 Å². The predicted molar refractivity (Wildman–Crippen MR) is 45.1 cm³/mol. The van der Waals surface area contributed by atoms with E-state index >= 15 is 0 Å². The van der Waals surface area contributed by atoms with Gasteiger partial charge in [0.05, 0.1) is 18.6 Å². The fourth-order valence-corrected chi connectivity index (χ4v) is 1.65. The summed E-state index contributed by atoms with van der Waals surface area (Å²) in [6, 6.07) is 0. The Hall–Kier alpha value is -0.570. The van der Waals surface area contributed by atoms with E-state index in [9.17, 15) is 4.79 Å². The van der Waals surface area contributed by atoms with Crippen LogP contribution in [0.3, 0.4) is 0 Å². The zero-order chi connectivity index (χ0) is 8.97. The molecule has 0 amide bonds. The first-order valence-corrected chi connectivity index (χ1v) is 4.55. The third kappa shape index (κ3) is 3.22. The average molecular weight is 172 g/mol. The normalized spacial score (nSPS) is 21.1. The molecule has 1 aliphatic rings. The van der Waals surface area contributed by atoms with Crippen LogP contribution in [0.5, 0.6) is 0 Å². The van der Waals surface area contributed by atoms with Gasteiger partial charge in [-0.15, -0.1) is 0 Å². The summed E-state index contributed by atoms with van der Waals surface area (Å²) in [6.07, 6.45) is 4.96. The van der Waals surface area contributed by atoms with E-state index in [1.165, 1.54) is 12.8 Å². The van der Waals surface area contributed by atoms with Crippen LogP contribution in [0.1, 0.15) is 39.0 Å². The summed E-state index contributed by atoms with van der Waals surface area (Å²) in [5, 5.41) is 8.48. The molecule has 0 saturated heterocycles. The van der Waals surface area contributed by atoms with E-state index in [2.05, 4.69) is 0 Å². The zero-order valence-corrected chi connectivity index (χ0v) is 7.45. The average Bonchev–Trinajstić information content (AvgIpc) is 2.37. The fourth-order valence-electron chi connectivity index (χ4n) is 1.65. The van der Waals surface area contributed by atoms with E-state index in [0.29, 0.717) is 6.10 Å².